The highest BCUT2D eigenvalue weighted by Gasteiger charge is 2.24. The van der Waals surface area contributed by atoms with Crippen LogP contribution in [0.1, 0.15) is 25.8 Å². The van der Waals surface area contributed by atoms with Crippen LogP contribution in [-0.4, -0.2) is 45.2 Å². The quantitative estimate of drug-likeness (QED) is 0.475. The summed E-state index contributed by atoms with van der Waals surface area (Å²) in [5, 5.41) is 14.4. The Morgan fingerprint density at radius 2 is 2.00 bits per heavy atom. The lowest BCUT2D eigenvalue weighted by Crippen LogP contribution is -2.45. The molecule has 27 heavy (non-hydrogen) atoms. The molecular weight excluding hydrogens is 354 g/mol. The first-order valence-corrected chi connectivity index (χ1v) is 8.33. The fourth-order valence-corrected chi connectivity index (χ4v) is 2.55. The number of carboxylic acids is 1. The number of carbonyl (C=O) groups is 3. The number of nitrogens with zero attached hydrogens (tertiary/aromatic N) is 2. The van der Waals surface area contributed by atoms with Crippen LogP contribution in [0, 0.1) is 0 Å². The Kier molecular flexibility index (Phi) is 6.47. The molecule has 5 N–H and O–H groups in total. The van der Waals surface area contributed by atoms with Crippen LogP contribution in [0.15, 0.2) is 35.4 Å². The Hall–Kier alpha value is -3.43. The number of primary amides is 1. The molecule has 0 aliphatic rings. The van der Waals surface area contributed by atoms with Gasteiger partial charge in [0.25, 0.3) is 5.56 Å². The third-order valence-corrected chi connectivity index (χ3v) is 4.07. The van der Waals surface area contributed by atoms with E-state index >= 15 is 0 Å². The number of para-hydroxylation sites is 1. The standard InChI is InChI=1S/C17H21N5O5/c1-10(22-9-20-12-6-3-2-5-11(12)15(22)24)14(23)21-13(16(25)26)7-4-8-19-17(18)27/h2-3,5-6,9-10,13H,4,7-8H2,1H3,(H,21,23)(H,25,26)(H3,18,19,27)/t10-,13-/m0/s1. The van der Waals surface area contributed by atoms with Crippen LogP contribution in [0.25, 0.3) is 10.9 Å². The van der Waals surface area contributed by atoms with Gasteiger partial charge in [-0.1, -0.05) is 12.1 Å². The molecule has 0 unspecified atom stereocenters. The molecule has 0 aliphatic carbocycles. The van der Waals surface area contributed by atoms with Crippen molar-refractivity contribution >= 4 is 28.8 Å². The average molecular weight is 375 g/mol. The molecule has 0 saturated heterocycles. The first kappa shape index (κ1) is 19.9. The fourth-order valence-electron chi connectivity index (χ4n) is 2.55. The van der Waals surface area contributed by atoms with Gasteiger partial charge < -0.3 is 21.5 Å². The smallest absolute Gasteiger partial charge is 0.326 e. The molecule has 2 atom stereocenters. The van der Waals surface area contributed by atoms with Gasteiger partial charge >= 0.3 is 12.0 Å². The number of urea groups is 1. The topological polar surface area (TPSA) is 156 Å². The molecule has 0 radical (unpaired) electrons. The Morgan fingerprint density at radius 3 is 2.67 bits per heavy atom. The van der Waals surface area contributed by atoms with Crippen LogP contribution in [-0.2, 0) is 9.59 Å². The second kappa shape index (κ2) is 8.79. The highest BCUT2D eigenvalue weighted by Crippen LogP contribution is 2.09. The minimum Gasteiger partial charge on any atom is -0.480 e. The van der Waals surface area contributed by atoms with E-state index in [2.05, 4.69) is 15.6 Å². The van der Waals surface area contributed by atoms with Gasteiger partial charge in [0.1, 0.15) is 12.1 Å². The van der Waals surface area contributed by atoms with Gasteiger partial charge in [0.05, 0.1) is 17.2 Å². The number of amides is 3. The maximum Gasteiger partial charge on any atom is 0.326 e. The van der Waals surface area contributed by atoms with Crippen LogP contribution >= 0.6 is 0 Å². The van der Waals surface area contributed by atoms with Gasteiger partial charge in [-0.3, -0.25) is 14.2 Å². The van der Waals surface area contributed by atoms with Crippen molar-refractivity contribution in [3.05, 3.63) is 40.9 Å². The summed E-state index contributed by atoms with van der Waals surface area (Å²) in [6, 6.07) is 3.94. The van der Waals surface area contributed by atoms with Crippen molar-refractivity contribution in [2.45, 2.75) is 31.8 Å². The van der Waals surface area contributed by atoms with Gasteiger partial charge in [0.2, 0.25) is 5.91 Å². The molecule has 0 spiro atoms. The number of nitrogens with two attached hydrogens (primary N) is 1. The second-order valence-corrected chi connectivity index (χ2v) is 5.98. The summed E-state index contributed by atoms with van der Waals surface area (Å²) in [4.78, 5) is 51.1. The summed E-state index contributed by atoms with van der Waals surface area (Å²) in [5.74, 6) is -1.83. The van der Waals surface area contributed by atoms with Crippen LogP contribution in [0.2, 0.25) is 0 Å². The van der Waals surface area contributed by atoms with Crippen LogP contribution in [0.4, 0.5) is 4.79 Å². The van der Waals surface area contributed by atoms with E-state index in [0.717, 1.165) is 4.57 Å². The van der Waals surface area contributed by atoms with E-state index < -0.39 is 30.0 Å². The van der Waals surface area contributed by atoms with E-state index in [-0.39, 0.29) is 18.5 Å². The van der Waals surface area contributed by atoms with Crippen molar-refractivity contribution in [3.63, 3.8) is 0 Å². The maximum atomic E-state index is 12.5. The number of carboxylic acid groups (broad SMARTS) is 1. The number of hydrogen-bond acceptors (Lipinski definition) is 5. The highest BCUT2D eigenvalue weighted by atomic mass is 16.4. The Morgan fingerprint density at radius 1 is 1.30 bits per heavy atom. The molecule has 2 rings (SSSR count). The van der Waals surface area contributed by atoms with Crippen LogP contribution < -0.4 is 21.9 Å². The minimum absolute atomic E-state index is 0.0962. The number of fused-ring (bicyclic) bond motifs is 1. The van der Waals surface area contributed by atoms with Gasteiger partial charge in [-0.05, 0) is 31.9 Å². The largest absolute Gasteiger partial charge is 0.480 e. The monoisotopic (exact) mass is 375 g/mol. The predicted octanol–water partition coefficient (Wildman–Crippen LogP) is -0.0246. The van der Waals surface area contributed by atoms with Gasteiger partial charge in [-0.2, -0.15) is 0 Å². The first-order valence-electron chi connectivity index (χ1n) is 8.33. The predicted molar refractivity (Wildman–Crippen MR) is 97.1 cm³/mol. The lowest BCUT2D eigenvalue weighted by Gasteiger charge is -2.19. The van der Waals surface area contributed by atoms with Gasteiger partial charge in [0, 0.05) is 6.54 Å². The zero-order chi connectivity index (χ0) is 20.0. The molecule has 144 valence electrons. The SMILES string of the molecule is C[C@@H](C(=O)N[C@@H](CCCNC(N)=O)C(=O)O)n1cnc2ccccc2c1=O. The molecule has 10 nitrogen and oxygen atoms in total. The Labute approximate surface area is 154 Å². The van der Waals surface area contributed by atoms with Crippen molar-refractivity contribution in [1.29, 1.82) is 0 Å². The third kappa shape index (κ3) is 5.03. The van der Waals surface area contributed by atoms with Gasteiger partial charge in [-0.25, -0.2) is 14.6 Å². The van der Waals surface area contributed by atoms with Crippen molar-refractivity contribution < 1.29 is 19.5 Å². The molecule has 1 aromatic carbocycles. The van der Waals surface area contributed by atoms with Crippen LogP contribution in [0.3, 0.4) is 0 Å². The zero-order valence-electron chi connectivity index (χ0n) is 14.7. The van der Waals surface area contributed by atoms with Gasteiger partial charge in [-0.15, -0.1) is 0 Å². The number of hydrogen-bond donors (Lipinski definition) is 4. The minimum atomic E-state index is -1.21. The number of benzene rings is 1. The number of aromatic nitrogens is 2. The molecule has 3 amide bonds. The zero-order valence-corrected chi connectivity index (χ0v) is 14.7. The number of nitrogens with one attached hydrogen (secondary N) is 2. The lowest BCUT2D eigenvalue weighted by atomic mass is 10.1. The van der Waals surface area contributed by atoms with Crippen molar-refractivity contribution in [3.8, 4) is 0 Å². The molecule has 0 fully saturated rings. The van der Waals surface area contributed by atoms with E-state index in [1.54, 1.807) is 24.3 Å². The molecule has 0 aliphatic heterocycles. The highest BCUT2D eigenvalue weighted by molar-refractivity contribution is 5.86. The second-order valence-electron chi connectivity index (χ2n) is 5.98. The summed E-state index contributed by atoms with van der Waals surface area (Å²) in [6.45, 7) is 1.68. The summed E-state index contributed by atoms with van der Waals surface area (Å²) in [6.07, 6.45) is 1.67. The number of carbonyl (C=O) groups excluding carboxylic acids is 2. The molecule has 0 saturated carbocycles. The number of rotatable bonds is 8. The van der Waals surface area contributed by atoms with E-state index in [4.69, 9.17) is 5.73 Å². The molecule has 1 heterocycles. The van der Waals surface area contributed by atoms with E-state index in [1.807, 2.05) is 0 Å². The maximum absolute atomic E-state index is 12.5. The summed E-state index contributed by atoms with van der Waals surface area (Å²) < 4.78 is 1.16. The van der Waals surface area contributed by atoms with Crippen molar-refractivity contribution in [2.75, 3.05) is 6.54 Å². The summed E-state index contributed by atoms with van der Waals surface area (Å²) in [5.41, 5.74) is 5.06. The van der Waals surface area contributed by atoms with E-state index in [9.17, 15) is 24.3 Å². The number of aliphatic carboxylic acids is 1. The van der Waals surface area contributed by atoms with Crippen molar-refractivity contribution in [2.24, 2.45) is 5.73 Å². The Bertz CT molecular complexity index is 910. The van der Waals surface area contributed by atoms with Crippen molar-refractivity contribution in [1.82, 2.24) is 20.2 Å². The molecular formula is C17H21N5O5. The van der Waals surface area contributed by atoms with E-state index in [1.165, 1.54) is 13.3 Å². The molecule has 2 aromatic rings. The lowest BCUT2D eigenvalue weighted by molar-refractivity contribution is -0.142. The van der Waals surface area contributed by atoms with E-state index in [0.29, 0.717) is 17.3 Å². The van der Waals surface area contributed by atoms with Crippen LogP contribution in [0.5, 0.6) is 0 Å². The normalized spacial score (nSPS) is 12.9. The molecule has 1 aromatic heterocycles. The Balaban J connectivity index is 2.09. The summed E-state index contributed by atoms with van der Waals surface area (Å²) >= 11 is 0. The molecule has 10 heteroatoms. The average Bonchev–Trinajstić information content (AvgIpc) is 2.63. The van der Waals surface area contributed by atoms with Gasteiger partial charge in [0.15, 0.2) is 0 Å². The first-order chi connectivity index (χ1) is 12.8. The third-order valence-electron chi connectivity index (χ3n) is 4.07. The fraction of sp³-hybridized carbons (Fsp3) is 0.353. The molecule has 0 bridgehead atoms. The summed E-state index contributed by atoms with van der Waals surface area (Å²) in [7, 11) is 0.